The second-order valence-corrected chi connectivity index (χ2v) is 6.86. The molecule has 2 rings (SSSR count). The second kappa shape index (κ2) is 8.69. The molecule has 1 atom stereocenters. The van der Waals surface area contributed by atoms with E-state index in [1.807, 2.05) is 6.19 Å². The summed E-state index contributed by atoms with van der Waals surface area (Å²) in [6.45, 7) is 0. The zero-order valence-corrected chi connectivity index (χ0v) is 14.9. The highest BCUT2D eigenvalue weighted by atomic mass is 32.1. The van der Waals surface area contributed by atoms with Gasteiger partial charge in [0.25, 0.3) is 11.8 Å². The lowest BCUT2D eigenvalue weighted by Crippen LogP contribution is -2.47. The summed E-state index contributed by atoms with van der Waals surface area (Å²) in [6.07, 6.45) is 8.07. The fraction of sp³-hybridized carbons (Fsp3) is 0.588. The number of nitrogens with zero attached hydrogens (tertiary/aromatic N) is 2. The van der Waals surface area contributed by atoms with Gasteiger partial charge in [0.2, 0.25) is 0 Å². The number of nitriles is 1. The molecule has 1 N–H and O–H groups in total. The minimum Gasteiger partial charge on any atom is -0.495 e. The summed E-state index contributed by atoms with van der Waals surface area (Å²) in [5, 5.41) is 15.2. The van der Waals surface area contributed by atoms with E-state index in [0.717, 1.165) is 30.6 Å². The van der Waals surface area contributed by atoms with E-state index in [1.165, 1.54) is 31.9 Å². The number of amides is 2. The third-order valence-corrected chi connectivity index (χ3v) is 5.19. The predicted molar refractivity (Wildman–Crippen MR) is 91.7 cm³/mol. The zero-order chi connectivity index (χ0) is 17.5. The summed E-state index contributed by atoms with van der Waals surface area (Å²) >= 11 is 1.37. The molecule has 1 aromatic heterocycles. The third kappa shape index (κ3) is 4.48. The van der Waals surface area contributed by atoms with Crippen molar-refractivity contribution in [1.82, 2.24) is 10.2 Å². The number of methoxy groups -OCH3 is 1. The van der Waals surface area contributed by atoms with Crippen molar-refractivity contribution in [2.24, 2.45) is 5.92 Å². The highest BCUT2D eigenvalue weighted by Gasteiger charge is 2.29. The van der Waals surface area contributed by atoms with E-state index in [1.54, 1.807) is 10.8 Å². The van der Waals surface area contributed by atoms with Crippen LogP contribution in [-0.4, -0.2) is 36.9 Å². The quantitative estimate of drug-likeness (QED) is 0.632. The molecule has 0 aliphatic heterocycles. The number of hydrogen-bond donors (Lipinski definition) is 1. The Labute approximate surface area is 146 Å². The van der Waals surface area contributed by atoms with E-state index in [9.17, 15) is 9.59 Å². The van der Waals surface area contributed by atoms with Crippen LogP contribution in [0.15, 0.2) is 10.8 Å². The van der Waals surface area contributed by atoms with Crippen LogP contribution in [0.5, 0.6) is 5.75 Å². The molecule has 130 valence electrons. The van der Waals surface area contributed by atoms with Crippen LogP contribution in [0.25, 0.3) is 0 Å². The molecule has 1 heterocycles. The first-order valence-corrected chi connectivity index (χ1v) is 9.09. The number of carbonyl (C=O) groups is 2. The topological polar surface area (TPSA) is 82.4 Å². The van der Waals surface area contributed by atoms with Crippen molar-refractivity contribution < 1.29 is 14.3 Å². The van der Waals surface area contributed by atoms with Gasteiger partial charge in [0.1, 0.15) is 11.8 Å². The summed E-state index contributed by atoms with van der Waals surface area (Å²) in [5.74, 6) is 0.193. The maximum absolute atomic E-state index is 12.5. The Morgan fingerprint density at radius 1 is 1.42 bits per heavy atom. The van der Waals surface area contributed by atoms with Crippen LogP contribution in [0.3, 0.4) is 0 Å². The Hall–Kier alpha value is -2.07. The van der Waals surface area contributed by atoms with Gasteiger partial charge in [-0.1, -0.05) is 32.1 Å². The van der Waals surface area contributed by atoms with Crippen LogP contribution < -0.4 is 10.1 Å². The van der Waals surface area contributed by atoms with Crippen LogP contribution in [-0.2, 0) is 4.79 Å². The molecule has 0 spiro atoms. The summed E-state index contributed by atoms with van der Waals surface area (Å²) in [4.78, 5) is 26.0. The minimum absolute atomic E-state index is 0.339. The minimum atomic E-state index is -0.685. The first kappa shape index (κ1) is 18.3. The van der Waals surface area contributed by atoms with Crippen LogP contribution in [0.4, 0.5) is 0 Å². The summed E-state index contributed by atoms with van der Waals surface area (Å²) in [7, 11) is 2.93. The van der Waals surface area contributed by atoms with Crippen molar-refractivity contribution in [2.75, 3.05) is 14.2 Å². The molecule has 1 aliphatic carbocycles. The Morgan fingerprint density at radius 3 is 2.75 bits per heavy atom. The standard InChI is InChI=1S/C17H23N3O3S/c1-20(11-18)17(22)14(8-12-6-4-3-5-7-12)19-16(21)13-9-24-10-15(13)23-2/h9-10,12,14H,3-8H2,1-2H3,(H,19,21)/t14-/m0/s1. The molecular formula is C17H23N3O3S. The van der Waals surface area contributed by atoms with Crippen molar-refractivity contribution in [1.29, 1.82) is 5.26 Å². The average Bonchev–Trinajstić information content (AvgIpc) is 3.09. The lowest BCUT2D eigenvalue weighted by molar-refractivity contribution is -0.129. The van der Waals surface area contributed by atoms with Gasteiger partial charge in [-0.2, -0.15) is 5.26 Å². The normalized spacial score (nSPS) is 16.0. The van der Waals surface area contributed by atoms with Crippen LogP contribution in [0.2, 0.25) is 0 Å². The SMILES string of the molecule is COc1cscc1C(=O)N[C@@H](CC1CCCCC1)C(=O)N(C)C#N. The van der Waals surface area contributed by atoms with E-state index < -0.39 is 6.04 Å². The van der Waals surface area contributed by atoms with E-state index in [4.69, 9.17) is 10.00 Å². The van der Waals surface area contributed by atoms with Crippen LogP contribution in [0, 0.1) is 17.4 Å². The third-order valence-electron chi connectivity index (χ3n) is 4.47. The van der Waals surface area contributed by atoms with Crippen molar-refractivity contribution in [3.05, 3.63) is 16.3 Å². The largest absolute Gasteiger partial charge is 0.495 e. The van der Waals surface area contributed by atoms with Crippen molar-refractivity contribution >= 4 is 23.2 Å². The molecule has 0 saturated heterocycles. The van der Waals surface area contributed by atoms with Gasteiger partial charge in [-0.15, -0.1) is 11.3 Å². The number of likely N-dealkylation sites (N-methyl/N-ethyl adjacent to an activating group) is 1. The van der Waals surface area contributed by atoms with Gasteiger partial charge < -0.3 is 10.1 Å². The molecule has 0 radical (unpaired) electrons. The van der Waals surface area contributed by atoms with Crippen molar-refractivity contribution in [3.63, 3.8) is 0 Å². The molecule has 7 heteroatoms. The number of carbonyl (C=O) groups excluding carboxylic acids is 2. The van der Waals surface area contributed by atoms with Gasteiger partial charge in [0.15, 0.2) is 6.19 Å². The van der Waals surface area contributed by atoms with E-state index in [2.05, 4.69) is 5.32 Å². The molecular weight excluding hydrogens is 326 g/mol. The molecule has 24 heavy (non-hydrogen) atoms. The lowest BCUT2D eigenvalue weighted by atomic mass is 9.84. The first-order chi connectivity index (χ1) is 11.6. The smallest absolute Gasteiger partial charge is 0.257 e. The Morgan fingerprint density at radius 2 is 2.12 bits per heavy atom. The molecule has 1 aromatic rings. The van der Waals surface area contributed by atoms with Gasteiger partial charge in [0, 0.05) is 17.8 Å². The van der Waals surface area contributed by atoms with Crippen molar-refractivity contribution in [3.8, 4) is 11.9 Å². The van der Waals surface area contributed by atoms with E-state index >= 15 is 0 Å². The van der Waals surface area contributed by atoms with Gasteiger partial charge in [-0.25, -0.2) is 0 Å². The highest BCUT2D eigenvalue weighted by molar-refractivity contribution is 7.08. The molecule has 0 bridgehead atoms. The molecule has 2 amide bonds. The molecule has 1 fully saturated rings. The summed E-state index contributed by atoms with van der Waals surface area (Å²) in [5.41, 5.74) is 0.420. The van der Waals surface area contributed by atoms with Gasteiger partial charge in [-0.05, 0) is 12.3 Å². The lowest BCUT2D eigenvalue weighted by Gasteiger charge is -2.27. The molecule has 1 aliphatic rings. The predicted octanol–water partition coefficient (Wildman–Crippen LogP) is 2.76. The first-order valence-electron chi connectivity index (χ1n) is 8.15. The zero-order valence-electron chi connectivity index (χ0n) is 14.1. The van der Waals surface area contributed by atoms with Gasteiger partial charge in [-0.3, -0.25) is 14.5 Å². The number of ether oxygens (including phenoxy) is 1. The van der Waals surface area contributed by atoms with E-state index in [0.29, 0.717) is 23.7 Å². The highest BCUT2D eigenvalue weighted by Crippen LogP contribution is 2.28. The Bertz CT molecular complexity index is 617. The molecule has 0 aromatic carbocycles. The van der Waals surface area contributed by atoms with Crippen LogP contribution >= 0.6 is 11.3 Å². The molecule has 6 nitrogen and oxygen atoms in total. The average molecular weight is 349 g/mol. The monoisotopic (exact) mass is 349 g/mol. The van der Waals surface area contributed by atoms with Gasteiger partial charge in [0.05, 0.1) is 12.7 Å². The Kier molecular flexibility index (Phi) is 6.62. The number of hydrogen-bond acceptors (Lipinski definition) is 5. The number of thiophene rings is 1. The summed E-state index contributed by atoms with van der Waals surface area (Å²) < 4.78 is 5.17. The fourth-order valence-corrected chi connectivity index (χ4v) is 3.88. The number of nitrogens with one attached hydrogen (secondary N) is 1. The maximum atomic E-state index is 12.5. The maximum Gasteiger partial charge on any atom is 0.257 e. The van der Waals surface area contributed by atoms with Gasteiger partial charge >= 0.3 is 0 Å². The van der Waals surface area contributed by atoms with E-state index in [-0.39, 0.29) is 11.8 Å². The number of rotatable bonds is 6. The van der Waals surface area contributed by atoms with Crippen molar-refractivity contribution in [2.45, 2.75) is 44.6 Å². The molecule has 1 saturated carbocycles. The molecule has 0 unspecified atom stereocenters. The summed E-state index contributed by atoms with van der Waals surface area (Å²) in [6, 6.07) is -0.685. The fourth-order valence-electron chi connectivity index (χ4n) is 3.11. The Balaban J connectivity index is 2.11. The van der Waals surface area contributed by atoms with Crippen LogP contribution in [0.1, 0.15) is 48.9 Å². The second-order valence-electron chi connectivity index (χ2n) is 6.12.